The normalized spacial score (nSPS) is 29.0. The molecule has 4 atom stereocenters. The number of rotatable bonds is 7. The van der Waals surface area contributed by atoms with E-state index in [-0.39, 0.29) is 22.5 Å². The third kappa shape index (κ3) is 5.01. The molecule has 3 aliphatic heterocycles. The van der Waals surface area contributed by atoms with Gasteiger partial charge in [-0.1, -0.05) is 60.7 Å². The van der Waals surface area contributed by atoms with Crippen molar-refractivity contribution in [1.82, 2.24) is 0 Å². The van der Waals surface area contributed by atoms with E-state index in [2.05, 4.69) is 48.7 Å². The average molecular weight is 543 g/mol. The fourth-order valence-corrected chi connectivity index (χ4v) is 6.63. The van der Waals surface area contributed by atoms with Crippen LogP contribution in [0.3, 0.4) is 0 Å². The van der Waals surface area contributed by atoms with Gasteiger partial charge in [-0.3, -0.25) is 0 Å². The van der Waals surface area contributed by atoms with Crippen LogP contribution in [0.4, 0.5) is 0 Å². The first-order valence-corrected chi connectivity index (χ1v) is 14.1. The number of carbonyl (C=O) groups is 1. The van der Waals surface area contributed by atoms with E-state index in [4.69, 9.17) is 19.0 Å². The summed E-state index contributed by atoms with van der Waals surface area (Å²) >= 11 is 0. The Morgan fingerprint density at radius 3 is 2.88 bits per heavy atom. The number of benzene rings is 2. The number of aliphatic carboxylic acids is 1. The molecule has 7 nitrogen and oxygen atoms in total. The van der Waals surface area contributed by atoms with Crippen LogP contribution in [0.2, 0.25) is 0 Å². The summed E-state index contributed by atoms with van der Waals surface area (Å²) in [6, 6.07) is 14.2. The second-order valence-electron chi connectivity index (χ2n) is 10.7. The zero-order chi connectivity index (χ0) is 27.5. The lowest BCUT2D eigenvalue weighted by Crippen LogP contribution is -2.53. The Morgan fingerprint density at radius 1 is 1.12 bits per heavy atom. The quantitative estimate of drug-likeness (QED) is 0.357. The van der Waals surface area contributed by atoms with Gasteiger partial charge < -0.3 is 19.3 Å². The van der Waals surface area contributed by atoms with Gasteiger partial charge in [0.15, 0.2) is 18.3 Å². The topological polar surface area (TPSA) is 74.2 Å². The first kappa shape index (κ1) is 26.6. The summed E-state index contributed by atoms with van der Waals surface area (Å²) in [5.41, 5.74) is 2.63. The molecular formula is C33H36NO6+. The number of carboxylic acids is 1. The summed E-state index contributed by atoms with van der Waals surface area (Å²) in [7, 11) is 1.72. The molecule has 4 unspecified atom stereocenters. The summed E-state index contributed by atoms with van der Waals surface area (Å²) < 4.78 is 18.4. The second kappa shape index (κ2) is 11.5. The fourth-order valence-electron chi connectivity index (χ4n) is 6.63. The van der Waals surface area contributed by atoms with E-state index in [0.29, 0.717) is 57.8 Å². The van der Waals surface area contributed by atoms with Gasteiger partial charge >= 0.3 is 5.97 Å². The molecule has 3 heterocycles. The fraction of sp³-hybridized carbons (Fsp3) is 0.364. The standard InChI is InChI=1S/C33H35NO6/c1-37-34-21-24-20-25(22-34)39-19-18-38-16-6-14-30(33(35)36)28(29-12-5-11-27(24)32(29)34)13-7-17-40-31-15-4-9-23-8-2-3-10-26(23)31/h2-5,8-12,14-15,20-21,27-28,32H,6-7,13,16-19,22H2,1H3/p+1/b30-14-. The molecule has 0 aromatic heterocycles. The van der Waals surface area contributed by atoms with Crippen LogP contribution in [-0.2, 0) is 19.1 Å². The number of hydroxylamine groups is 3. The molecule has 4 aliphatic rings. The molecule has 0 spiro atoms. The van der Waals surface area contributed by atoms with Gasteiger partial charge in [0.25, 0.3) is 0 Å². The van der Waals surface area contributed by atoms with E-state index < -0.39 is 5.97 Å². The van der Waals surface area contributed by atoms with Crippen molar-refractivity contribution >= 4 is 16.7 Å². The van der Waals surface area contributed by atoms with E-state index in [0.717, 1.165) is 33.4 Å². The molecular weight excluding hydrogens is 506 g/mol. The first-order valence-electron chi connectivity index (χ1n) is 14.1. The summed E-state index contributed by atoms with van der Waals surface area (Å²) in [6.45, 7) is 2.39. The summed E-state index contributed by atoms with van der Waals surface area (Å²) in [5.74, 6) is 0.622. The van der Waals surface area contributed by atoms with Crippen LogP contribution in [0.25, 0.3) is 10.8 Å². The van der Waals surface area contributed by atoms with Crippen molar-refractivity contribution in [2.75, 3.05) is 40.1 Å². The number of hydrogen-bond acceptors (Lipinski definition) is 5. The highest BCUT2D eigenvalue weighted by atomic mass is 16.7. The van der Waals surface area contributed by atoms with Crippen LogP contribution in [0.15, 0.2) is 102 Å². The van der Waals surface area contributed by atoms with Crippen molar-refractivity contribution in [1.29, 1.82) is 0 Å². The summed E-state index contributed by atoms with van der Waals surface area (Å²) in [5, 5.41) is 12.6. The van der Waals surface area contributed by atoms with Crippen molar-refractivity contribution in [2.45, 2.75) is 25.3 Å². The molecule has 0 fully saturated rings. The van der Waals surface area contributed by atoms with Gasteiger partial charge in [0, 0.05) is 22.5 Å². The van der Waals surface area contributed by atoms with E-state index in [1.807, 2.05) is 30.3 Å². The highest BCUT2D eigenvalue weighted by Crippen LogP contribution is 2.49. The highest BCUT2D eigenvalue weighted by molar-refractivity contribution is 5.88. The van der Waals surface area contributed by atoms with E-state index >= 15 is 0 Å². The van der Waals surface area contributed by atoms with Gasteiger partial charge in [0.05, 0.1) is 32.8 Å². The monoisotopic (exact) mass is 542 g/mol. The van der Waals surface area contributed by atoms with Gasteiger partial charge in [-0.05, 0) is 42.4 Å². The lowest BCUT2D eigenvalue weighted by molar-refractivity contribution is -1.07. The van der Waals surface area contributed by atoms with E-state index in [1.54, 1.807) is 7.11 Å². The molecule has 208 valence electrons. The van der Waals surface area contributed by atoms with E-state index in [1.165, 1.54) is 0 Å². The average Bonchev–Trinajstić information content (AvgIpc) is 3.21. The van der Waals surface area contributed by atoms with Crippen molar-refractivity contribution in [3.8, 4) is 5.75 Å². The molecule has 40 heavy (non-hydrogen) atoms. The SMILES string of the molecule is CO[N+]12C=C3C=C(C1)OCCOCC/C=C(\C(=O)O)C(CCCOc1cccc4ccccc14)C1=CC=CC3C12. The first-order chi connectivity index (χ1) is 19.6. The molecule has 6 rings (SSSR count). The molecule has 2 aromatic rings. The van der Waals surface area contributed by atoms with Crippen LogP contribution >= 0.6 is 0 Å². The maximum Gasteiger partial charge on any atom is 0.331 e. The minimum absolute atomic E-state index is 0.0618. The Morgan fingerprint density at radius 2 is 2.00 bits per heavy atom. The lowest BCUT2D eigenvalue weighted by atomic mass is 9.75. The van der Waals surface area contributed by atoms with Crippen molar-refractivity contribution in [2.24, 2.45) is 11.8 Å². The molecule has 0 radical (unpaired) electrons. The predicted molar refractivity (Wildman–Crippen MR) is 152 cm³/mol. The van der Waals surface area contributed by atoms with Crippen LogP contribution in [-0.4, -0.2) is 61.8 Å². The number of carboxylic acid groups (broad SMARTS) is 1. The van der Waals surface area contributed by atoms with Gasteiger partial charge in [-0.25, -0.2) is 9.63 Å². The minimum atomic E-state index is -0.891. The number of nitrogens with zero attached hydrogens (tertiary/aromatic N) is 1. The molecule has 2 aromatic carbocycles. The summed E-state index contributed by atoms with van der Waals surface area (Å²) in [4.78, 5) is 18.9. The molecule has 0 saturated carbocycles. The zero-order valence-corrected chi connectivity index (χ0v) is 22.8. The molecule has 3 bridgehead atoms. The van der Waals surface area contributed by atoms with Gasteiger partial charge in [-0.2, -0.15) is 0 Å². The molecule has 7 heteroatoms. The van der Waals surface area contributed by atoms with Gasteiger partial charge in [-0.15, -0.1) is 4.65 Å². The number of hydrogen-bond donors (Lipinski definition) is 1. The molecule has 1 aliphatic carbocycles. The molecule has 1 N–H and O–H groups in total. The third-order valence-corrected chi connectivity index (χ3v) is 8.39. The number of fused-ring (bicyclic) bond motifs is 3. The molecule has 0 amide bonds. The largest absolute Gasteiger partial charge is 0.493 e. The van der Waals surface area contributed by atoms with Crippen LogP contribution in [0, 0.1) is 11.8 Å². The highest BCUT2D eigenvalue weighted by Gasteiger charge is 2.56. The van der Waals surface area contributed by atoms with Crippen LogP contribution in [0.1, 0.15) is 19.3 Å². The van der Waals surface area contributed by atoms with Crippen molar-refractivity contribution in [3.05, 3.63) is 102 Å². The Kier molecular flexibility index (Phi) is 7.61. The van der Waals surface area contributed by atoms with Crippen molar-refractivity contribution < 1.29 is 33.6 Å². The Balaban J connectivity index is 1.30. The van der Waals surface area contributed by atoms with E-state index in [9.17, 15) is 9.90 Å². The van der Waals surface area contributed by atoms with Gasteiger partial charge in [0.2, 0.25) is 0 Å². The number of ether oxygens (including phenoxy) is 3. The summed E-state index contributed by atoms with van der Waals surface area (Å²) in [6.07, 6.45) is 14.4. The maximum absolute atomic E-state index is 12.7. The Bertz CT molecular complexity index is 1430. The second-order valence-corrected chi connectivity index (χ2v) is 10.7. The Labute approximate surface area is 234 Å². The third-order valence-electron chi connectivity index (χ3n) is 8.39. The maximum atomic E-state index is 12.7. The lowest BCUT2D eigenvalue weighted by Gasteiger charge is -2.40. The van der Waals surface area contributed by atoms with Crippen LogP contribution < -0.4 is 4.74 Å². The number of quaternary nitrogens is 1. The minimum Gasteiger partial charge on any atom is -0.493 e. The smallest absolute Gasteiger partial charge is 0.331 e. The zero-order valence-electron chi connectivity index (χ0n) is 22.8. The number of allylic oxidation sites excluding steroid dienone is 3. The van der Waals surface area contributed by atoms with Crippen LogP contribution in [0.5, 0.6) is 5.75 Å². The Hall–Kier alpha value is -3.65. The van der Waals surface area contributed by atoms with Crippen molar-refractivity contribution in [3.63, 3.8) is 0 Å². The predicted octanol–water partition coefficient (Wildman–Crippen LogP) is 5.72. The molecule has 0 saturated heterocycles. The van der Waals surface area contributed by atoms with Gasteiger partial charge in [0.1, 0.15) is 18.6 Å².